The van der Waals surface area contributed by atoms with Crippen molar-refractivity contribution in [3.8, 4) is 0 Å². The molecule has 0 radical (unpaired) electrons. The lowest BCUT2D eigenvalue weighted by Crippen LogP contribution is -2.14. The fourth-order valence-electron chi connectivity index (χ4n) is 2.59. The Labute approximate surface area is 175 Å². The molecule has 3 aromatic carbocycles. The minimum atomic E-state index is -3.78. The summed E-state index contributed by atoms with van der Waals surface area (Å²) in [5, 5.41) is 0. The number of rotatable bonds is 7. The van der Waals surface area contributed by atoms with Crippen molar-refractivity contribution in [3.05, 3.63) is 78.4 Å². The highest BCUT2D eigenvalue weighted by molar-refractivity contribution is 7.98. The summed E-state index contributed by atoms with van der Waals surface area (Å²) in [5.41, 5.74) is 1.66. The topological polar surface area (TPSA) is 92.3 Å². The van der Waals surface area contributed by atoms with Gasteiger partial charge in [-0.3, -0.25) is 9.44 Å². The first kappa shape index (κ1) is 21.2. The zero-order chi connectivity index (χ0) is 21.1. The molecule has 0 aromatic heterocycles. The van der Waals surface area contributed by atoms with Crippen molar-refractivity contribution in [1.29, 1.82) is 0 Å². The Kier molecular flexibility index (Phi) is 6.21. The number of hydrogen-bond donors (Lipinski definition) is 2. The van der Waals surface area contributed by atoms with Crippen LogP contribution < -0.4 is 9.44 Å². The summed E-state index contributed by atoms with van der Waals surface area (Å²) in [5.74, 6) is 0. The van der Waals surface area contributed by atoms with Crippen LogP contribution in [0.2, 0.25) is 0 Å². The summed E-state index contributed by atoms with van der Waals surface area (Å²) in [4.78, 5) is 1.12. The average molecular weight is 449 g/mol. The molecule has 29 heavy (non-hydrogen) atoms. The lowest BCUT2D eigenvalue weighted by Gasteiger charge is -2.11. The van der Waals surface area contributed by atoms with Gasteiger partial charge in [-0.2, -0.15) is 0 Å². The van der Waals surface area contributed by atoms with Gasteiger partial charge in [0.1, 0.15) is 0 Å². The van der Waals surface area contributed by atoms with E-state index in [-0.39, 0.29) is 15.5 Å². The first-order valence-corrected chi connectivity index (χ1v) is 12.8. The van der Waals surface area contributed by atoms with Gasteiger partial charge in [0.25, 0.3) is 20.0 Å². The molecule has 0 saturated heterocycles. The van der Waals surface area contributed by atoms with Crippen LogP contribution in [0.4, 0.5) is 11.4 Å². The third-order valence-electron chi connectivity index (χ3n) is 4.06. The predicted octanol–water partition coefficient (Wildman–Crippen LogP) is 4.32. The number of anilines is 2. The van der Waals surface area contributed by atoms with Crippen molar-refractivity contribution < 1.29 is 16.8 Å². The number of thioether (sulfide) groups is 1. The molecule has 2 N–H and O–H groups in total. The molecule has 0 saturated carbocycles. The summed E-state index contributed by atoms with van der Waals surface area (Å²) in [6.45, 7) is 1.87. The summed E-state index contributed by atoms with van der Waals surface area (Å²) in [7, 11) is -7.54. The minimum Gasteiger partial charge on any atom is -0.280 e. The molecule has 0 unspecified atom stereocenters. The van der Waals surface area contributed by atoms with E-state index in [1.165, 1.54) is 48.2 Å². The molecule has 152 valence electrons. The van der Waals surface area contributed by atoms with E-state index >= 15 is 0 Å². The van der Waals surface area contributed by atoms with E-state index in [1.807, 2.05) is 19.2 Å². The van der Waals surface area contributed by atoms with Gasteiger partial charge in [-0.25, -0.2) is 16.8 Å². The lowest BCUT2D eigenvalue weighted by molar-refractivity contribution is 0.600. The quantitative estimate of drug-likeness (QED) is 0.525. The normalized spacial score (nSPS) is 11.8. The number of nitrogens with one attached hydrogen (secondary N) is 2. The molecule has 3 rings (SSSR count). The van der Waals surface area contributed by atoms with Crippen LogP contribution in [0, 0.1) is 6.92 Å². The highest BCUT2D eigenvalue weighted by Crippen LogP contribution is 2.22. The van der Waals surface area contributed by atoms with Crippen molar-refractivity contribution >= 4 is 43.2 Å². The van der Waals surface area contributed by atoms with Crippen LogP contribution >= 0.6 is 11.8 Å². The van der Waals surface area contributed by atoms with Gasteiger partial charge in [0, 0.05) is 16.3 Å². The highest BCUT2D eigenvalue weighted by Gasteiger charge is 2.17. The van der Waals surface area contributed by atoms with Crippen LogP contribution in [0.15, 0.2) is 87.5 Å². The van der Waals surface area contributed by atoms with Gasteiger partial charge in [-0.05, 0) is 79.4 Å². The van der Waals surface area contributed by atoms with Crippen molar-refractivity contribution in [2.45, 2.75) is 21.6 Å². The molecular weight excluding hydrogens is 428 g/mol. The van der Waals surface area contributed by atoms with Crippen LogP contribution in [0.1, 0.15) is 5.56 Å². The van der Waals surface area contributed by atoms with E-state index in [0.29, 0.717) is 5.69 Å². The average Bonchev–Trinajstić information content (AvgIpc) is 2.68. The summed E-state index contributed by atoms with van der Waals surface area (Å²) in [6.07, 6.45) is 1.91. The Balaban J connectivity index is 1.77. The Morgan fingerprint density at radius 3 is 1.72 bits per heavy atom. The van der Waals surface area contributed by atoms with E-state index in [2.05, 4.69) is 9.44 Å². The first-order valence-electron chi connectivity index (χ1n) is 8.56. The molecule has 3 aromatic rings. The van der Waals surface area contributed by atoms with Crippen molar-refractivity contribution in [2.75, 3.05) is 15.7 Å². The molecule has 0 fully saturated rings. The Morgan fingerprint density at radius 2 is 1.21 bits per heavy atom. The molecule has 9 heteroatoms. The lowest BCUT2D eigenvalue weighted by atomic mass is 10.2. The van der Waals surface area contributed by atoms with E-state index < -0.39 is 20.0 Å². The second kappa shape index (κ2) is 8.48. The second-order valence-electron chi connectivity index (χ2n) is 6.28. The second-order valence-corrected chi connectivity index (χ2v) is 10.5. The van der Waals surface area contributed by atoms with E-state index in [4.69, 9.17) is 0 Å². The number of hydrogen-bond acceptors (Lipinski definition) is 5. The largest absolute Gasteiger partial charge is 0.280 e. The number of benzene rings is 3. The zero-order valence-corrected chi connectivity index (χ0v) is 18.2. The molecule has 0 spiro atoms. The van der Waals surface area contributed by atoms with Crippen molar-refractivity contribution in [1.82, 2.24) is 0 Å². The predicted molar refractivity (Wildman–Crippen MR) is 117 cm³/mol. The highest BCUT2D eigenvalue weighted by atomic mass is 32.2. The summed E-state index contributed by atoms with van der Waals surface area (Å²) < 4.78 is 55.1. The van der Waals surface area contributed by atoms with Gasteiger partial charge in [0.2, 0.25) is 0 Å². The molecule has 0 aliphatic heterocycles. The van der Waals surface area contributed by atoms with Gasteiger partial charge >= 0.3 is 0 Å². The maximum atomic E-state index is 12.5. The van der Waals surface area contributed by atoms with Gasteiger partial charge in [-0.1, -0.05) is 12.1 Å². The number of aryl methyl sites for hydroxylation is 1. The number of sulfonamides is 2. The van der Waals surface area contributed by atoms with Crippen LogP contribution in [-0.2, 0) is 20.0 Å². The molecule has 0 atom stereocenters. The van der Waals surface area contributed by atoms with Crippen LogP contribution in [-0.4, -0.2) is 23.1 Å². The van der Waals surface area contributed by atoms with Crippen LogP contribution in [0.3, 0.4) is 0 Å². The third-order valence-corrected chi connectivity index (χ3v) is 7.59. The van der Waals surface area contributed by atoms with Crippen LogP contribution in [0.25, 0.3) is 0 Å². The molecule has 0 aliphatic rings. The van der Waals surface area contributed by atoms with Gasteiger partial charge in [0.15, 0.2) is 0 Å². The van der Waals surface area contributed by atoms with Gasteiger partial charge in [-0.15, -0.1) is 11.8 Å². The SMILES string of the molecule is CSc1ccc(S(=O)(=O)Nc2ccc(S(=O)(=O)Nc3cccc(C)c3)cc2)cc1. The molecule has 0 bridgehead atoms. The van der Waals surface area contributed by atoms with Crippen molar-refractivity contribution in [3.63, 3.8) is 0 Å². The smallest absolute Gasteiger partial charge is 0.261 e. The standard InChI is InChI=1S/C20H20N2O4S3/c1-15-4-3-5-17(14-15)22-29(25,26)19-10-6-16(7-11-19)21-28(23,24)20-12-8-18(27-2)9-13-20/h3-14,21-22H,1-2H3. The first-order chi connectivity index (χ1) is 13.7. The van der Waals surface area contributed by atoms with E-state index in [1.54, 1.807) is 30.3 Å². The van der Waals surface area contributed by atoms with E-state index in [9.17, 15) is 16.8 Å². The maximum absolute atomic E-state index is 12.5. The van der Waals surface area contributed by atoms with Gasteiger partial charge in [0.05, 0.1) is 9.79 Å². The zero-order valence-electron chi connectivity index (χ0n) is 15.8. The molecular formula is C20H20N2O4S3. The van der Waals surface area contributed by atoms with Crippen LogP contribution in [0.5, 0.6) is 0 Å². The Hall–Kier alpha value is -2.49. The molecule has 0 aliphatic carbocycles. The summed E-state index contributed by atoms with van der Waals surface area (Å²) >= 11 is 1.52. The van der Waals surface area contributed by atoms with Gasteiger partial charge < -0.3 is 0 Å². The monoisotopic (exact) mass is 448 g/mol. The molecule has 0 amide bonds. The van der Waals surface area contributed by atoms with Crippen molar-refractivity contribution in [2.24, 2.45) is 0 Å². The molecule has 0 heterocycles. The van der Waals surface area contributed by atoms with E-state index in [0.717, 1.165) is 10.5 Å². The Bertz CT molecular complexity index is 1210. The fourth-order valence-corrected chi connectivity index (χ4v) is 5.11. The Morgan fingerprint density at radius 1 is 0.690 bits per heavy atom. The minimum absolute atomic E-state index is 0.0336. The third kappa shape index (κ3) is 5.31. The fraction of sp³-hybridized carbons (Fsp3) is 0.100. The molecule has 6 nitrogen and oxygen atoms in total. The maximum Gasteiger partial charge on any atom is 0.261 e. The summed E-state index contributed by atoms with van der Waals surface area (Å²) in [6, 6.07) is 19.1.